The molecule has 146 valence electrons. The second-order valence-corrected chi connectivity index (χ2v) is 8.28. The minimum atomic E-state index is 0. The van der Waals surface area contributed by atoms with Crippen molar-refractivity contribution in [2.75, 3.05) is 64.8 Å². The van der Waals surface area contributed by atoms with Crippen LogP contribution in [0.5, 0.6) is 0 Å². The first-order chi connectivity index (χ1) is 12.0. The van der Waals surface area contributed by atoms with Crippen molar-refractivity contribution in [2.45, 2.75) is 6.54 Å². The predicted molar refractivity (Wildman–Crippen MR) is 116 cm³/mol. The Balaban J connectivity index is 0.00000243. The van der Waals surface area contributed by atoms with E-state index in [2.05, 4.69) is 47.7 Å². The zero-order valence-electron chi connectivity index (χ0n) is 14.6. The molecule has 2 N–H and O–H groups in total. The second kappa shape index (κ2) is 10.4. The maximum Gasteiger partial charge on any atom is 0.236 e. The van der Waals surface area contributed by atoms with Gasteiger partial charge in [-0.3, -0.25) is 14.6 Å². The molecule has 0 bridgehead atoms. The molecule has 2 fully saturated rings. The Labute approximate surface area is 182 Å². The largest absolute Gasteiger partial charge is 0.398 e. The number of halogens is 3. The zero-order valence-corrected chi connectivity index (χ0v) is 19.5. The lowest BCUT2D eigenvalue weighted by Gasteiger charge is -2.36. The molecule has 0 atom stereocenters. The topological polar surface area (TPSA) is 62.0 Å². The quantitative estimate of drug-likeness (QED) is 0.577. The van der Waals surface area contributed by atoms with Crippen molar-refractivity contribution in [1.82, 2.24) is 14.7 Å². The number of morpholine rings is 1. The fraction of sp³-hybridized carbons (Fsp3) is 0.588. The van der Waals surface area contributed by atoms with E-state index < -0.39 is 0 Å². The number of benzene rings is 1. The zero-order chi connectivity index (χ0) is 17.8. The van der Waals surface area contributed by atoms with Crippen molar-refractivity contribution in [3.63, 3.8) is 0 Å². The lowest BCUT2D eigenvalue weighted by molar-refractivity contribution is -0.136. The molecule has 0 aromatic heterocycles. The number of amides is 1. The van der Waals surface area contributed by atoms with Gasteiger partial charge in [0.25, 0.3) is 0 Å². The van der Waals surface area contributed by atoms with Crippen LogP contribution in [0.25, 0.3) is 0 Å². The summed E-state index contributed by atoms with van der Waals surface area (Å²) in [7, 11) is 0. The Morgan fingerprint density at radius 2 is 1.65 bits per heavy atom. The van der Waals surface area contributed by atoms with Gasteiger partial charge in [0.15, 0.2) is 0 Å². The van der Waals surface area contributed by atoms with Gasteiger partial charge in [0.1, 0.15) is 0 Å². The first kappa shape index (κ1) is 22.1. The lowest BCUT2D eigenvalue weighted by atomic mass is 10.1. The van der Waals surface area contributed by atoms with Crippen LogP contribution >= 0.6 is 48.8 Å². The molecule has 2 aliphatic heterocycles. The van der Waals surface area contributed by atoms with E-state index >= 15 is 0 Å². The number of hydrogen-bond acceptors (Lipinski definition) is 5. The Morgan fingerprint density at radius 1 is 1.04 bits per heavy atom. The number of carbonyl (C=O) groups is 1. The normalized spacial score (nSPS) is 19.2. The third-order valence-electron chi connectivity index (χ3n) is 4.76. The maximum absolute atomic E-state index is 12.3. The minimum absolute atomic E-state index is 0. The Bertz CT molecular complexity index is 618. The Morgan fingerprint density at radius 3 is 2.31 bits per heavy atom. The fourth-order valence-electron chi connectivity index (χ4n) is 3.22. The summed E-state index contributed by atoms with van der Waals surface area (Å²) in [5.41, 5.74) is 8.10. The summed E-state index contributed by atoms with van der Waals surface area (Å²) in [5.74, 6) is 0.219. The highest BCUT2D eigenvalue weighted by molar-refractivity contribution is 9.11. The summed E-state index contributed by atoms with van der Waals surface area (Å²) in [5, 5.41) is 0. The summed E-state index contributed by atoms with van der Waals surface area (Å²) < 4.78 is 7.25. The third kappa shape index (κ3) is 5.90. The van der Waals surface area contributed by atoms with Crippen molar-refractivity contribution in [3.8, 4) is 0 Å². The van der Waals surface area contributed by atoms with Gasteiger partial charge >= 0.3 is 0 Å². The molecule has 2 heterocycles. The van der Waals surface area contributed by atoms with Crippen molar-refractivity contribution >= 4 is 60.4 Å². The van der Waals surface area contributed by atoms with Crippen LogP contribution in [0.1, 0.15) is 5.56 Å². The SMILES string of the molecule is Br.Nc1c(Br)cc(Br)cc1CN1CCN(CC(=O)N2CCOCC2)CC1. The number of piperazine rings is 1. The number of ether oxygens (including phenoxy) is 1. The van der Waals surface area contributed by atoms with Crippen LogP contribution in [-0.2, 0) is 16.1 Å². The smallest absolute Gasteiger partial charge is 0.236 e. The molecule has 9 heteroatoms. The van der Waals surface area contributed by atoms with E-state index in [-0.39, 0.29) is 22.9 Å². The number of nitrogens with two attached hydrogens (primary N) is 1. The van der Waals surface area contributed by atoms with E-state index in [0.29, 0.717) is 19.8 Å². The first-order valence-electron chi connectivity index (χ1n) is 8.56. The van der Waals surface area contributed by atoms with Gasteiger partial charge in [-0.1, -0.05) is 15.9 Å². The van der Waals surface area contributed by atoms with Crippen LogP contribution in [0, 0.1) is 0 Å². The molecule has 2 saturated heterocycles. The van der Waals surface area contributed by atoms with Crippen molar-refractivity contribution in [1.29, 1.82) is 0 Å². The van der Waals surface area contributed by atoms with Crippen LogP contribution in [-0.4, -0.2) is 79.6 Å². The van der Waals surface area contributed by atoms with E-state index in [4.69, 9.17) is 10.5 Å². The summed E-state index contributed by atoms with van der Waals surface area (Å²) >= 11 is 7.03. The molecule has 1 aromatic rings. The van der Waals surface area contributed by atoms with Crippen molar-refractivity contribution in [3.05, 3.63) is 26.6 Å². The third-order valence-corrected chi connectivity index (χ3v) is 5.88. The number of hydrogen-bond donors (Lipinski definition) is 1. The molecule has 0 unspecified atom stereocenters. The van der Waals surface area contributed by atoms with Gasteiger partial charge in [0, 0.05) is 54.8 Å². The van der Waals surface area contributed by atoms with Gasteiger partial charge < -0.3 is 15.4 Å². The van der Waals surface area contributed by atoms with Gasteiger partial charge in [-0.2, -0.15) is 0 Å². The summed E-state index contributed by atoms with van der Waals surface area (Å²) in [6.07, 6.45) is 0. The Hall–Kier alpha value is -0.190. The van der Waals surface area contributed by atoms with Gasteiger partial charge in [-0.15, -0.1) is 17.0 Å². The minimum Gasteiger partial charge on any atom is -0.398 e. The van der Waals surface area contributed by atoms with Crippen LogP contribution in [0.4, 0.5) is 5.69 Å². The lowest BCUT2D eigenvalue weighted by Crippen LogP contribution is -2.51. The van der Waals surface area contributed by atoms with E-state index in [9.17, 15) is 4.79 Å². The molecule has 26 heavy (non-hydrogen) atoms. The molecule has 0 spiro atoms. The molecule has 6 nitrogen and oxygen atoms in total. The first-order valence-corrected chi connectivity index (χ1v) is 10.1. The van der Waals surface area contributed by atoms with Gasteiger partial charge in [0.05, 0.1) is 25.4 Å². The van der Waals surface area contributed by atoms with Crippen molar-refractivity contribution < 1.29 is 9.53 Å². The highest BCUT2D eigenvalue weighted by atomic mass is 79.9. The highest BCUT2D eigenvalue weighted by Gasteiger charge is 2.23. The number of carbonyl (C=O) groups excluding carboxylic acids is 1. The highest BCUT2D eigenvalue weighted by Crippen LogP contribution is 2.29. The maximum atomic E-state index is 12.3. The number of nitrogen functional groups attached to an aromatic ring is 1. The van der Waals surface area contributed by atoms with Crippen molar-refractivity contribution in [2.24, 2.45) is 0 Å². The number of nitrogens with zero attached hydrogens (tertiary/aromatic N) is 3. The molecule has 0 aliphatic carbocycles. The molecular formula is C17H25Br3N4O2. The van der Waals surface area contributed by atoms with Crippen LogP contribution in [0.3, 0.4) is 0 Å². The van der Waals surface area contributed by atoms with Gasteiger partial charge in [-0.25, -0.2) is 0 Å². The molecule has 1 aromatic carbocycles. The fourth-order valence-corrected chi connectivity index (χ4v) is 4.53. The number of anilines is 1. The average Bonchev–Trinajstić information content (AvgIpc) is 2.61. The Kier molecular flexibility index (Phi) is 8.82. The van der Waals surface area contributed by atoms with E-state index in [1.165, 1.54) is 0 Å². The molecule has 3 rings (SSSR count). The van der Waals surface area contributed by atoms with E-state index in [0.717, 1.165) is 66.0 Å². The van der Waals surface area contributed by atoms with Crippen LogP contribution in [0.15, 0.2) is 21.1 Å². The van der Waals surface area contributed by atoms with Crippen LogP contribution < -0.4 is 5.73 Å². The van der Waals surface area contributed by atoms with Gasteiger partial charge in [-0.05, 0) is 33.6 Å². The second-order valence-electron chi connectivity index (χ2n) is 6.51. The standard InChI is InChI=1S/C17H24Br2N4O2.BrH/c18-14-9-13(17(20)15(19)10-14)11-21-1-3-22(4-2-21)12-16(24)23-5-7-25-8-6-23;/h9-10H,1-8,11-12,20H2;1H. The summed E-state index contributed by atoms with van der Waals surface area (Å²) in [6.45, 7) is 7.79. The molecule has 2 aliphatic rings. The molecule has 0 radical (unpaired) electrons. The average molecular weight is 557 g/mol. The van der Waals surface area contributed by atoms with E-state index in [1.807, 2.05) is 11.0 Å². The molecule has 0 saturated carbocycles. The molecular weight excluding hydrogens is 532 g/mol. The molecule has 1 amide bonds. The summed E-state index contributed by atoms with van der Waals surface area (Å²) in [6, 6.07) is 4.04. The van der Waals surface area contributed by atoms with Crippen LogP contribution in [0.2, 0.25) is 0 Å². The van der Waals surface area contributed by atoms with E-state index in [1.54, 1.807) is 0 Å². The summed E-state index contributed by atoms with van der Waals surface area (Å²) in [4.78, 5) is 18.9. The monoisotopic (exact) mass is 554 g/mol. The predicted octanol–water partition coefficient (Wildman–Crippen LogP) is 2.35. The number of rotatable bonds is 4. The van der Waals surface area contributed by atoms with Gasteiger partial charge in [0.2, 0.25) is 5.91 Å².